The van der Waals surface area contributed by atoms with Gasteiger partial charge in [0.15, 0.2) is 0 Å². The van der Waals surface area contributed by atoms with Gasteiger partial charge in [-0.15, -0.1) is 5.10 Å². The maximum atomic E-state index is 14.0. The van der Waals surface area contributed by atoms with Crippen LogP contribution in [0.4, 0.5) is 4.39 Å². The number of hydrogen-bond acceptors (Lipinski definition) is 4. The summed E-state index contributed by atoms with van der Waals surface area (Å²) in [5, 5.41) is 12.7. The molecule has 7 nitrogen and oxygen atoms in total. The van der Waals surface area contributed by atoms with E-state index < -0.39 is 0 Å². The van der Waals surface area contributed by atoms with E-state index >= 15 is 0 Å². The number of benzene rings is 1. The van der Waals surface area contributed by atoms with E-state index in [0.29, 0.717) is 31.0 Å². The average Bonchev–Trinajstić information content (AvgIpc) is 3.26. The Kier molecular flexibility index (Phi) is 3.77. The molecule has 1 saturated carbocycles. The van der Waals surface area contributed by atoms with E-state index in [2.05, 4.69) is 15.4 Å². The Morgan fingerprint density at radius 1 is 1.19 bits per heavy atom. The summed E-state index contributed by atoms with van der Waals surface area (Å²) >= 11 is 0. The standard InChI is InChI=1S/C19H19FN6O/c20-15-6-1-2-7-17(15)26-11-16(22-23-26)14-10-21-25-9-8-24(12-18(14)25)19(27)13-4-3-5-13/h1-2,6-7,10-11,13H,3-5,8-9,12H2. The first kappa shape index (κ1) is 16.2. The van der Waals surface area contributed by atoms with Crippen molar-refractivity contribution in [2.75, 3.05) is 6.54 Å². The molecule has 2 aromatic heterocycles. The Balaban J connectivity index is 1.44. The van der Waals surface area contributed by atoms with Crippen LogP contribution in [0.2, 0.25) is 0 Å². The highest BCUT2D eigenvalue weighted by atomic mass is 19.1. The van der Waals surface area contributed by atoms with Gasteiger partial charge in [0.1, 0.15) is 17.2 Å². The summed E-state index contributed by atoms with van der Waals surface area (Å²) in [5.74, 6) is 0.0720. The average molecular weight is 366 g/mol. The summed E-state index contributed by atoms with van der Waals surface area (Å²) < 4.78 is 17.4. The van der Waals surface area contributed by atoms with Gasteiger partial charge in [-0.3, -0.25) is 9.48 Å². The molecule has 5 rings (SSSR count). The molecule has 27 heavy (non-hydrogen) atoms. The SMILES string of the molecule is O=C(C1CCC1)N1CCn2ncc(-c3cn(-c4ccccc4F)nn3)c2C1. The third-order valence-corrected chi connectivity index (χ3v) is 5.51. The largest absolute Gasteiger partial charge is 0.335 e. The van der Waals surface area contributed by atoms with Crippen LogP contribution in [0.1, 0.15) is 25.0 Å². The minimum Gasteiger partial charge on any atom is -0.335 e. The normalized spacial score (nSPS) is 16.9. The summed E-state index contributed by atoms with van der Waals surface area (Å²) in [6.07, 6.45) is 6.59. The van der Waals surface area contributed by atoms with Crippen LogP contribution in [-0.2, 0) is 17.9 Å². The molecule has 1 fully saturated rings. The van der Waals surface area contributed by atoms with E-state index in [0.717, 1.165) is 30.5 Å². The van der Waals surface area contributed by atoms with E-state index in [-0.39, 0.29) is 17.6 Å². The summed E-state index contributed by atoms with van der Waals surface area (Å²) in [5.41, 5.74) is 2.76. The second-order valence-corrected chi connectivity index (χ2v) is 7.12. The van der Waals surface area contributed by atoms with Gasteiger partial charge in [-0.2, -0.15) is 5.10 Å². The molecule has 2 aliphatic rings. The fourth-order valence-electron chi connectivity index (χ4n) is 3.70. The molecule has 0 radical (unpaired) electrons. The molecule has 0 spiro atoms. The molecule has 0 bridgehead atoms. The molecule has 0 unspecified atom stereocenters. The topological polar surface area (TPSA) is 68.8 Å². The van der Waals surface area contributed by atoms with Crippen LogP contribution in [0.15, 0.2) is 36.7 Å². The molecule has 1 aromatic carbocycles. The van der Waals surface area contributed by atoms with Gasteiger partial charge in [0, 0.05) is 18.0 Å². The fraction of sp³-hybridized carbons (Fsp3) is 0.368. The molecule has 3 heterocycles. The van der Waals surface area contributed by atoms with Gasteiger partial charge in [-0.25, -0.2) is 9.07 Å². The number of carbonyl (C=O) groups is 1. The molecule has 138 valence electrons. The number of para-hydroxylation sites is 1. The minimum absolute atomic E-state index is 0.185. The third kappa shape index (κ3) is 2.72. The number of rotatable bonds is 3. The van der Waals surface area contributed by atoms with E-state index in [9.17, 15) is 9.18 Å². The van der Waals surface area contributed by atoms with Gasteiger partial charge in [-0.05, 0) is 25.0 Å². The van der Waals surface area contributed by atoms with E-state index in [4.69, 9.17) is 0 Å². The molecular formula is C19H19FN6O. The number of halogens is 1. The molecule has 1 aliphatic carbocycles. The number of carbonyl (C=O) groups excluding carboxylic acids is 1. The predicted molar refractivity (Wildman–Crippen MR) is 95.3 cm³/mol. The van der Waals surface area contributed by atoms with Crippen molar-refractivity contribution in [1.29, 1.82) is 0 Å². The first-order valence-electron chi connectivity index (χ1n) is 9.22. The molecule has 0 N–H and O–H groups in total. The van der Waals surface area contributed by atoms with E-state index in [1.165, 1.54) is 10.7 Å². The maximum Gasteiger partial charge on any atom is 0.226 e. The fourth-order valence-corrected chi connectivity index (χ4v) is 3.70. The molecule has 0 saturated heterocycles. The second-order valence-electron chi connectivity index (χ2n) is 7.12. The highest BCUT2D eigenvalue weighted by Crippen LogP contribution is 2.31. The number of fused-ring (bicyclic) bond motifs is 1. The predicted octanol–water partition coefficient (Wildman–Crippen LogP) is 2.41. The van der Waals surface area contributed by atoms with Crippen LogP contribution in [0.25, 0.3) is 16.9 Å². The van der Waals surface area contributed by atoms with Crippen molar-refractivity contribution in [1.82, 2.24) is 29.7 Å². The van der Waals surface area contributed by atoms with Crippen LogP contribution >= 0.6 is 0 Å². The Bertz CT molecular complexity index is 1010. The van der Waals surface area contributed by atoms with E-state index in [1.807, 2.05) is 9.58 Å². The summed E-state index contributed by atoms with van der Waals surface area (Å²) in [6, 6.07) is 6.44. The molecule has 8 heteroatoms. The van der Waals surface area contributed by atoms with Crippen LogP contribution in [0, 0.1) is 11.7 Å². The van der Waals surface area contributed by atoms with Crippen molar-refractivity contribution in [2.45, 2.75) is 32.4 Å². The quantitative estimate of drug-likeness (QED) is 0.714. The molecular weight excluding hydrogens is 347 g/mol. The van der Waals surface area contributed by atoms with Gasteiger partial charge < -0.3 is 4.90 Å². The summed E-state index contributed by atoms with van der Waals surface area (Å²) in [7, 11) is 0. The number of aromatic nitrogens is 5. The van der Waals surface area contributed by atoms with Crippen LogP contribution < -0.4 is 0 Å². The van der Waals surface area contributed by atoms with Crippen molar-refractivity contribution < 1.29 is 9.18 Å². The maximum absolute atomic E-state index is 14.0. The minimum atomic E-state index is -0.358. The smallest absolute Gasteiger partial charge is 0.226 e. The van der Waals surface area contributed by atoms with Crippen molar-refractivity contribution in [3.05, 3.63) is 48.2 Å². The molecule has 0 atom stereocenters. The second kappa shape index (κ2) is 6.29. The summed E-state index contributed by atoms with van der Waals surface area (Å²) in [4.78, 5) is 14.5. The Morgan fingerprint density at radius 3 is 2.81 bits per heavy atom. The zero-order chi connectivity index (χ0) is 18.4. The highest BCUT2D eigenvalue weighted by molar-refractivity contribution is 5.80. The number of hydrogen-bond donors (Lipinski definition) is 0. The third-order valence-electron chi connectivity index (χ3n) is 5.51. The monoisotopic (exact) mass is 366 g/mol. The first-order valence-corrected chi connectivity index (χ1v) is 9.22. The van der Waals surface area contributed by atoms with Crippen LogP contribution in [0.5, 0.6) is 0 Å². The van der Waals surface area contributed by atoms with Gasteiger partial charge >= 0.3 is 0 Å². The van der Waals surface area contributed by atoms with Gasteiger partial charge in [0.25, 0.3) is 0 Å². The Labute approximate surface area is 155 Å². The number of nitrogens with zero attached hydrogens (tertiary/aromatic N) is 6. The molecule has 1 aliphatic heterocycles. The molecule has 1 amide bonds. The highest BCUT2D eigenvalue weighted by Gasteiger charge is 2.32. The van der Waals surface area contributed by atoms with Crippen molar-refractivity contribution in [3.63, 3.8) is 0 Å². The zero-order valence-electron chi connectivity index (χ0n) is 14.8. The first-order chi connectivity index (χ1) is 13.2. The number of amides is 1. The lowest BCUT2D eigenvalue weighted by Gasteiger charge is -2.34. The van der Waals surface area contributed by atoms with Crippen molar-refractivity contribution in [2.24, 2.45) is 5.92 Å². The van der Waals surface area contributed by atoms with Crippen LogP contribution in [0.3, 0.4) is 0 Å². The van der Waals surface area contributed by atoms with Gasteiger partial charge in [0.2, 0.25) is 5.91 Å². The van der Waals surface area contributed by atoms with E-state index in [1.54, 1.807) is 30.6 Å². The Hall–Kier alpha value is -3.03. The lowest BCUT2D eigenvalue weighted by atomic mass is 9.84. The zero-order valence-corrected chi connectivity index (χ0v) is 14.8. The lowest BCUT2D eigenvalue weighted by Crippen LogP contribution is -2.43. The van der Waals surface area contributed by atoms with Gasteiger partial charge in [-0.1, -0.05) is 23.8 Å². The van der Waals surface area contributed by atoms with Crippen molar-refractivity contribution >= 4 is 5.91 Å². The van der Waals surface area contributed by atoms with Crippen molar-refractivity contribution in [3.8, 4) is 16.9 Å². The summed E-state index contributed by atoms with van der Waals surface area (Å²) in [6.45, 7) is 1.89. The lowest BCUT2D eigenvalue weighted by molar-refractivity contribution is -0.139. The Morgan fingerprint density at radius 2 is 2.04 bits per heavy atom. The molecule has 3 aromatic rings. The van der Waals surface area contributed by atoms with Crippen LogP contribution in [-0.4, -0.2) is 42.1 Å². The van der Waals surface area contributed by atoms with Gasteiger partial charge in [0.05, 0.1) is 31.2 Å².